The van der Waals surface area contributed by atoms with E-state index in [1.807, 2.05) is 0 Å². The zero-order valence-corrected chi connectivity index (χ0v) is 12.2. The molecule has 0 saturated carbocycles. The number of nitrogens with zero attached hydrogens (tertiary/aromatic N) is 1. The summed E-state index contributed by atoms with van der Waals surface area (Å²) in [6.07, 6.45) is 8.24. The van der Waals surface area contributed by atoms with Crippen molar-refractivity contribution in [3.8, 4) is 0 Å². The summed E-state index contributed by atoms with van der Waals surface area (Å²) < 4.78 is 5.80. The fourth-order valence-electron chi connectivity index (χ4n) is 3.16. The number of rotatable bonds is 4. The summed E-state index contributed by atoms with van der Waals surface area (Å²) in [6.45, 7) is 5.42. The molecule has 110 valence electrons. The molecule has 1 atom stereocenters. The fraction of sp³-hybridized carbons (Fsp3) is 0.933. The second-order valence-electron chi connectivity index (χ2n) is 5.76. The topological polar surface area (TPSA) is 41.6 Å². The number of likely N-dealkylation sites (tertiary alicyclic amines) is 1. The highest BCUT2D eigenvalue weighted by atomic mass is 16.5. The number of piperidine rings is 1. The van der Waals surface area contributed by atoms with Gasteiger partial charge in [0.25, 0.3) is 0 Å². The zero-order valence-electron chi connectivity index (χ0n) is 12.2. The molecule has 0 bridgehead atoms. The van der Waals surface area contributed by atoms with Crippen LogP contribution in [0.15, 0.2) is 0 Å². The zero-order chi connectivity index (χ0) is 13.5. The van der Waals surface area contributed by atoms with Crippen molar-refractivity contribution < 1.29 is 9.53 Å². The summed E-state index contributed by atoms with van der Waals surface area (Å²) in [5.74, 6) is 0.201. The predicted molar refractivity (Wildman–Crippen MR) is 76.1 cm³/mol. The smallest absolute Gasteiger partial charge is 0.248 e. The molecule has 1 N–H and O–H groups in total. The molecule has 0 aromatic carbocycles. The Hall–Kier alpha value is -0.610. The van der Waals surface area contributed by atoms with E-state index >= 15 is 0 Å². The highest BCUT2D eigenvalue weighted by Crippen LogP contribution is 2.19. The summed E-state index contributed by atoms with van der Waals surface area (Å²) in [5, 5.41) is 3.31. The van der Waals surface area contributed by atoms with Crippen LogP contribution in [0.25, 0.3) is 0 Å². The molecule has 0 spiro atoms. The predicted octanol–water partition coefficient (Wildman–Crippen LogP) is 1.94. The summed E-state index contributed by atoms with van der Waals surface area (Å²) in [4.78, 5) is 14.4. The van der Waals surface area contributed by atoms with Crippen molar-refractivity contribution in [2.45, 2.75) is 64.0 Å². The standard InChI is InChI=1S/C15H28N2O2/c1-2-13-6-4-3-5-11-17(13)15(18)12-19-14-7-9-16-10-8-14/h13-14,16H,2-12H2,1H3. The van der Waals surface area contributed by atoms with Crippen molar-refractivity contribution in [1.82, 2.24) is 10.2 Å². The van der Waals surface area contributed by atoms with Crippen LogP contribution in [-0.4, -0.2) is 49.2 Å². The van der Waals surface area contributed by atoms with Crippen LogP contribution in [0.5, 0.6) is 0 Å². The normalized spacial score (nSPS) is 26.2. The third kappa shape index (κ3) is 4.46. The minimum Gasteiger partial charge on any atom is -0.368 e. The number of nitrogens with one attached hydrogen (secondary N) is 1. The molecule has 2 fully saturated rings. The van der Waals surface area contributed by atoms with E-state index in [2.05, 4.69) is 17.1 Å². The maximum Gasteiger partial charge on any atom is 0.248 e. The first kappa shape index (κ1) is 14.8. The second kappa shape index (κ2) is 7.85. The molecule has 2 aliphatic heterocycles. The Morgan fingerprint density at radius 2 is 2.00 bits per heavy atom. The van der Waals surface area contributed by atoms with Crippen LogP contribution < -0.4 is 5.32 Å². The van der Waals surface area contributed by atoms with Gasteiger partial charge in [-0.15, -0.1) is 0 Å². The molecule has 2 saturated heterocycles. The molecule has 2 heterocycles. The maximum absolute atomic E-state index is 12.3. The van der Waals surface area contributed by atoms with Gasteiger partial charge in [-0.05, 0) is 45.2 Å². The van der Waals surface area contributed by atoms with Crippen molar-refractivity contribution >= 4 is 5.91 Å². The Bertz CT molecular complexity index is 277. The summed E-state index contributed by atoms with van der Waals surface area (Å²) in [7, 11) is 0. The fourth-order valence-corrected chi connectivity index (χ4v) is 3.16. The Labute approximate surface area is 116 Å². The lowest BCUT2D eigenvalue weighted by molar-refractivity contribution is -0.141. The SMILES string of the molecule is CCC1CCCCCN1C(=O)COC1CCNCC1. The van der Waals surface area contributed by atoms with Crippen molar-refractivity contribution in [3.63, 3.8) is 0 Å². The van der Waals surface area contributed by atoms with Crippen LogP contribution in [0.4, 0.5) is 0 Å². The van der Waals surface area contributed by atoms with Gasteiger partial charge in [0.05, 0.1) is 6.10 Å². The van der Waals surface area contributed by atoms with E-state index in [0.717, 1.165) is 51.7 Å². The average molecular weight is 268 g/mol. The monoisotopic (exact) mass is 268 g/mol. The van der Waals surface area contributed by atoms with Crippen LogP contribution in [0.2, 0.25) is 0 Å². The highest BCUT2D eigenvalue weighted by Gasteiger charge is 2.25. The van der Waals surface area contributed by atoms with Gasteiger partial charge in [-0.1, -0.05) is 19.8 Å². The number of carbonyl (C=O) groups excluding carboxylic acids is 1. The van der Waals surface area contributed by atoms with Gasteiger partial charge in [0.2, 0.25) is 5.91 Å². The minimum absolute atomic E-state index is 0.201. The van der Waals surface area contributed by atoms with Crippen LogP contribution in [-0.2, 0) is 9.53 Å². The van der Waals surface area contributed by atoms with Crippen LogP contribution in [0.1, 0.15) is 51.9 Å². The molecule has 4 nitrogen and oxygen atoms in total. The lowest BCUT2D eigenvalue weighted by Gasteiger charge is -2.30. The Balaban J connectivity index is 1.79. The Morgan fingerprint density at radius 1 is 1.21 bits per heavy atom. The van der Waals surface area contributed by atoms with Gasteiger partial charge in [0.1, 0.15) is 6.61 Å². The van der Waals surface area contributed by atoms with Gasteiger partial charge in [-0.3, -0.25) is 4.79 Å². The van der Waals surface area contributed by atoms with Gasteiger partial charge in [-0.2, -0.15) is 0 Å². The molecule has 2 aliphatic rings. The van der Waals surface area contributed by atoms with E-state index in [9.17, 15) is 4.79 Å². The number of ether oxygens (including phenoxy) is 1. The van der Waals surface area contributed by atoms with E-state index in [1.165, 1.54) is 12.8 Å². The molecule has 0 aromatic heterocycles. The number of carbonyl (C=O) groups is 1. The third-order valence-corrected chi connectivity index (χ3v) is 4.40. The van der Waals surface area contributed by atoms with Gasteiger partial charge < -0.3 is 15.0 Å². The quantitative estimate of drug-likeness (QED) is 0.847. The van der Waals surface area contributed by atoms with Crippen LogP contribution >= 0.6 is 0 Å². The van der Waals surface area contributed by atoms with E-state index in [4.69, 9.17) is 4.74 Å². The molecule has 4 heteroatoms. The first-order valence-corrected chi connectivity index (χ1v) is 7.93. The highest BCUT2D eigenvalue weighted by molar-refractivity contribution is 5.77. The largest absolute Gasteiger partial charge is 0.368 e. The van der Waals surface area contributed by atoms with Crippen molar-refractivity contribution in [3.05, 3.63) is 0 Å². The van der Waals surface area contributed by atoms with Crippen molar-refractivity contribution in [2.24, 2.45) is 0 Å². The van der Waals surface area contributed by atoms with E-state index < -0.39 is 0 Å². The molecule has 0 aliphatic carbocycles. The van der Waals surface area contributed by atoms with Crippen molar-refractivity contribution in [2.75, 3.05) is 26.2 Å². The van der Waals surface area contributed by atoms with E-state index in [-0.39, 0.29) is 18.6 Å². The third-order valence-electron chi connectivity index (χ3n) is 4.40. The Morgan fingerprint density at radius 3 is 2.74 bits per heavy atom. The first-order valence-electron chi connectivity index (χ1n) is 7.93. The lowest BCUT2D eigenvalue weighted by Crippen LogP contribution is -2.43. The molecule has 1 amide bonds. The molecular weight excluding hydrogens is 240 g/mol. The molecule has 19 heavy (non-hydrogen) atoms. The summed E-state index contributed by atoms with van der Waals surface area (Å²) in [5.41, 5.74) is 0. The number of amides is 1. The summed E-state index contributed by atoms with van der Waals surface area (Å²) in [6, 6.07) is 0.437. The molecular formula is C15H28N2O2. The second-order valence-corrected chi connectivity index (χ2v) is 5.76. The molecule has 0 radical (unpaired) electrons. The van der Waals surface area contributed by atoms with E-state index in [1.54, 1.807) is 0 Å². The maximum atomic E-state index is 12.3. The molecule has 1 unspecified atom stereocenters. The minimum atomic E-state index is 0.201. The van der Waals surface area contributed by atoms with E-state index in [0.29, 0.717) is 6.04 Å². The number of hydrogen-bond donors (Lipinski definition) is 1. The lowest BCUT2D eigenvalue weighted by atomic mass is 10.1. The molecule has 0 aromatic rings. The van der Waals surface area contributed by atoms with Crippen LogP contribution in [0, 0.1) is 0 Å². The van der Waals surface area contributed by atoms with Crippen molar-refractivity contribution in [1.29, 1.82) is 0 Å². The van der Waals surface area contributed by atoms with Crippen LogP contribution in [0.3, 0.4) is 0 Å². The average Bonchev–Trinajstić information content (AvgIpc) is 2.71. The summed E-state index contributed by atoms with van der Waals surface area (Å²) >= 11 is 0. The van der Waals surface area contributed by atoms with Gasteiger partial charge in [0, 0.05) is 12.6 Å². The van der Waals surface area contributed by atoms with Gasteiger partial charge in [0.15, 0.2) is 0 Å². The van der Waals surface area contributed by atoms with Gasteiger partial charge >= 0.3 is 0 Å². The Kier molecular flexibility index (Phi) is 6.11. The van der Waals surface area contributed by atoms with Gasteiger partial charge in [-0.25, -0.2) is 0 Å². The molecule has 2 rings (SSSR count). The first-order chi connectivity index (χ1) is 9.31. The number of hydrogen-bond acceptors (Lipinski definition) is 3.